The molecule has 1 N–H and O–H groups in total. The first kappa shape index (κ1) is 13.7. The zero-order chi connectivity index (χ0) is 15.0. The molecule has 0 spiro atoms. The fraction of sp³-hybridized carbons (Fsp3) is 0.375. The van der Waals surface area contributed by atoms with Gasteiger partial charge in [-0.3, -0.25) is 9.59 Å². The van der Waals surface area contributed by atoms with Gasteiger partial charge in [0.2, 0.25) is 0 Å². The second-order valence-electron chi connectivity index (χ2n) is 5.23. The number of carbonyl (C=O) groups excluding carboxylic acids is 2. The highest BCUT2D eigenvalue weighted by Crippen LogP contribution is 2.40. The minimum absolute atomic E-state index is 0.366. The van der Waals surface area contributed by atoms with Crippen LogP contribution in [0.15, 0.2) is 24.3 Å². The number of nitrogens with one attached hydrogen (secondary N) is 1. The van der Waals surface area contributed by atoms with Crippen molar-refractivity contribution >= 4 is 22.8 Å². The van der Waals surface area contributed by atoms with Gasteiger partial charge in [-0.05, 0) is 24.5 Å². The van der Waals surface area contributed by atoms with Crippen molar-refractivity contribution in [3.8, 4) is 0 Å². The summed E-state index contributed by atoms with van der Waals surface area (Å²) in [4.78, 5) is 27.4. The van der Waals surface area contributed by atoms with Crippen LogP contribution in [-0.2, 0) is 25.5 Å². The number of benzene rings is 1. The molecular weight excluding hydrogens is 270 g/mol. The summed E-state index contributed by atoms with van der Waals surface area (Å²) >= 11 is 0. The van der Waals surface area contributed by atoms with Crippen LogP contribution in [0.4, 0.5) is 0 Å². The molecule has 1 heterocycles. The van der Waals surface area contributed by atoms with E-state index in [4.69, 9.17) is 9.47 Å². The van der Waals surface area contributed by atoms with Crippen molar-refractivity contribution in [3.05, 3.63) is 35.5 Å². The lowest BCUT2D eigenvalue weighted by Crippen LogP contribution is -2.34. The number of H-pyrrole nitrogens is 1. The summed E-state index contributed by atoms with van der Waals surface area (Å²) in [5.41, 5.74) is 2.85. The van der Waals surface area contributed by atoms with Gasteiger partial charge in [-0.15, -0.1) is 0 Å². The Labute approximate surface area is 122 Å². The number of ether oxygens (including phenoxy) is 2. The molecule has 0 saturated carbocycles. The van der Waals surface area contributed by atoms with Crippen LogP contribution in [-0.4, -0.2) is 31.1 Å². The average molecular weight is 287 g/mol. The van der Waals surface area contributed by atoms with E-state index in [9.17, 15) is 9.59 Å². The predicted octanol–water partition coefficient (Wildman–Crippen LogP) is 2.16. The number of esters is 2. The molecule has 0 bridgehead atoms. The van der Waals surface area contributed by atoms with Crippen molar-refractivity contribution in [2.45, 2.75) is 18.8 Å². The molecule has 2 aromatic rings. The lowest BCUT2D eigenvalue weighted by Gasteiger charge is -2.27. The molecule has 21 heavy (non-hydrogen) atoms. The van der Waals surface area contributed by atoms with Crippen molar-refractivity contribution in [3.63, 3.8) is 0 Å². The maximum atomic E-state index is 12.2. The van der Waals surface area contributed by atoms with E-state index in [2.05, 4.69) is 4.98 Å². The molecule has 0 unspecified atom stereocenters. The minimum atomic E-state index is -0.626. The average Bonchev–Trinajstić information content (AvgIpc) is 2.91. The molecular formula is C16H17NO4. The van der Waals surface area contributed by atoms with E-state index in [0.29, 0.717) is 6.42 Å². The molecule has 1 aliphatic rings. The summed E-state index contributed by atoms with van der Waals surface area (Å²) in [5.74, 6) is -1.89. The van der Waals surface area contributed by atoms with Crippen LogP contribution in [0.25, 0.3) is 10.9 Å². The molecule has 0 saturated heterocycles. The Kier molecular flexibility index (Phi) is 3.41. The zero-order valence-electron chi connectivity index (χ0n) is 12.0. The molecule has 1 aliphatic carbocycles. The SMILES string of the molecule is COC(=O)[C@@H]1CCc2c([nH]c3ccccc23)[C@@H]1C(=O)OC. The first-order valence-corrected chi connectivity index (χ1v) is 6.92. The van der Waals surface area contributed by atoms with E-state index in [-0.39, 0.29) is 5.97 Å². The van der Waals surface area contributed by atoms with E-state index in [1.165, 1.54) is 14.2 Å². The summed E-state index contributed by atoms with van der Waals surface area (Å²) in [6, 6.07) is 7.90. The zero-order valence-corrected chi connectivity index (χ0v) is 12.0. The number of para-hydroxylation sites is 1. The summed E-state index contributed by atoms with van der Waals surface area (Å²) in [6.07, 6.45) is 1.33. The Hall–Kier alpha value is -2.30. The molecule has 0 aliphatic heterocycles. The molecule has 2 atom stereocenters. The third-order valence-electron chi connectivity index (χ3n) is 4.22. The normalized spacial score (nSPS) is 20.9. The molecule has 110 valence electrons. The van der Waals surface area contributed by atoms with Gasteiger partial charge in [-0.2, -0.15) is 0 Å². The van der Waals surface area contributed by atoms with E-state index >= 15 is 0 Å². The Balaban J connectivity index is 2.15. The van der Waals surface area contributed by atoms with Crippen molar-refractivity contribution < 1.29 is 19.1 Å². The first-order chi connectivity index (χ1) is 10.2. The number of aromatic amines is 1. The van der Waals surface area contributed by atoms with Gasteiger partial charge in [-0.25, -0.2) is 0 Å². The second kappa shape index (κ2) is 5.24. The van der Waals surface area contributed by atoms with Gasteiger partial charge in [0.05, 0.1) is 20.1 Å². The van der Waals surface area contributed by atoms with Crippen LogP contribution in [0, 0.1) is 5.92 Å². The number of hydrogen-bond acceptors (Lipinski definition) is 4. The fourth-order valence-corrected chi connectivity index (χ4v) is 3.24. The number of carbonyl (C=O) groups is 2. The molecule has 0 amide bonds. The predicted molar refractivity (Wildman–Crippen MR) is 76.9 cm³/mol. The van der Waals surface area contributed by atoms with Crippen LogP contribution in [0.3, 0.4) is 0 Å². The van der Waals surface area contributed by atoms with Crippen LogP contribution in [0.2, 0.25) is 0 Å². The van der Waals surface area contributed by atoms with Gasteiger partial charge in [0.1, 0.15) is 5.92 Å². The van der Waals surface area contributed by atoms with Crippen LogP contribution in [0.1, 0.15) is 23.6 Å². The molecule has 0 fully saturated rings. The monoisotopic (exact) mass is 287 g/mol. The first-order valence-electron chi connectivity index (χ1n) is 6.92. The van der Waals surface area contributed by atoms with Crippen molar-refractivity contribution in [2.24, 2.45) is 5.92 Å². The molecule has 1 aromatic carbocycles. The van der Waals surface area contributed by atoms with Gasteiger partial charge in [-0.1, -0.05) is 18.2 Å². The highest BCUT2D eigenvalue weighted by Gasteiger charge is 2.42. The smallest absolute Gasteiger partial charge is 0.315 e. The number of methoxy groups -OCH3 is 2. The van der Waals surface area contributed by atoms with Gasteiger partial charge >= 0.3 is 11.9 Å². The summed E-state index contributed by atoms with van der Waals surface area (Å²) in [7, 11) is 2.69. The molecule has 3 rings (SSSR count). The Morgan fingerprint density at radius 2 is 1.86 bits per heavy atom. The Morgan fingerprint density at radius 3 is 2.57 bits per heavy atom. The molecule has 1 aromatic heterocycles. The number of aryl methyl sites for hydroxylation is 1. The van der Waals surface area contributed by atoms with Crippen LogP contribution in [0.5, 0.6) is 0 Å². The topological polar surface area (TPSA) is 68.4 Å². The lowest BCUT2D eigenvalue weighted by molar-refractivity contribution is -0.154. The van der Waals surface area contributed by atoms with E-state index in [1.54, 1.807) is 0 Å². The van der Waals surface area contributed by atoms with Gasteiger partial charge in [0.15, 0.2) is 0 Å². The molecule has 0 radical (unpaired) electrons. The largest absolute Gasteiger partial charge is 0.469 e. The molecule has 5 nitrogen and oxygen atoms in total. The Bertz CT molecular complexity index is 703. The summed E-state index contributed by atoms with van der Waals surface area (Å²) in [5, 5.41) is 1.10. The van der Waals surface area contributed by atoms with Gasteiger partial charge in [0, 0.05) is 16.6 Å². The quantitative estimate of drug-likeness (QED) is 0.859. The summed E-state index contributed by atoms with van der Waals surface area (Å²) in [6.45, 7) is 0. The van der Waals surface area contributed by atoms with E-state index in [0.717, 1.165) is 28.6 Å². The van der Waals surface area contributed by atoms with Gasteiger partial charge in [0.25, 0.3) is 0 Å². The van der Waals surface area contributed by atoms with Crippen LogP contribution >= 0.6 is 0 Å². The maximum absolute atomic E-state index is 12.2. The third kappa shape index (κ3) is 2.09. The second-order valence-corrected chi connectivity index (χ2v) is 5.23. The highest BCUT2D eigenvalue weighted by atomic mass is 16.5. The Morgan fingerprint density at radius 1 is 1.14 bits per heavy atom. The van der Waals surface area contributed by atoms with Gasteiger partial charge < -0.3 is 14.5 Å². The van der Waals surface area contributed by atoms with E-state index in [1.807, 2.05) is 24.3 Å². The van der Waals surface area contributed by atoms with Crippen molar-refractivity contribution in [1.82, 2.24) is 4.98 Å². The minimum Gasteiger partial charge on any atom is -0.469 e. The standard InChI is InChI=1S/C16H17NO4/c1-20-15(18)11-8-7-10-9-5-3-4-6-12(9)17-14(10)13(11)16(19)21-2/h3-6,11,13,17H,7-8H2,1-2H3/t11-,13-/m1/s1. The van der Waals surface area contributed by atoms with Crippen molar-refractivity contribution in [2.75, 3.05) is 14.2 Å². The van der Waals surface area contributed by atoms with E-state index < -0.39 is 17.8 Å². The lowest BCUT2D eigenvalue weighted by atomic mass is 9.78. The highest BCUT2D eigenvalue weighted by molar-refractivity contribution is 5.92. The molecule has 5 heteroatoms. The number of rotatable bonds is 2. The number of aromatic nitrogens is 1. The fourth-order valence-electron chi connectivity index (χ4n) is 3.24. The van der Waals surface area contributed by atoms with Crippen LogP contribution < -0.4 is 0 Å². The maximum Gasteiger partial charge on any atom is 0.315 e. The summed E-state index contributed by atoms with van der Waals surface area (Å²) < 4.78 is 9.74. The van der Waals surface area contributed by atoms with Crippen molar-refractivity contribution in [1.29, 1.82) is 0 Å². The number of fused-ring (bicyclic) bond motifs is 3. The number of hydrogen-bond donors (Lipinski definition) is 1. The third-order valence-corrected chi connectivity index (χ3v) is 4.22.